The quantitative estimate of drug-likeness (QED) is 0.395. The molecule has 0 spiro atoms. The molecule has 0 radical (unpaired) electrons. The number of aliphatic hydroxyl groups excluding tert-OH is 2. The van der Waals surface area contributed by atoms with E-state index in [1.54, 1.807) is 0 Å². The number of rotatable bonds is 4. The summed E-state index contributed by atoms with van der Waals surface area (Å²) in [6.45, 7) is 0. The molecule has 4 N–H and O–H groups in total. The number of hydrogen-bond acceptors (Lipinski definition) is 8. The van der Waals surface area contributed by atoms with Crippen molar-refractivity contribution >= 4 is 15.6 Å². The van der Waals surface area contributed by atoms with Crippen LogP contribution in [0.25, 0.3) is 0 Å². The van der Waals surface area contributed by atoms with Gasteiger partial charge in [0.15, 0.2) is 0 Å². The van der Waals surface area contributed by atoms with E-state index < -0.39 is 15.6 Å². The van der Waals surface area contributed by atoms with E-state index in [0.717, 1.165) is 42.7 Å². The average Bonchev–Trinajstić information content (AvgIpc) is 2.44. The van der Waals surface area contributed by atoms with Gasteiger partial charge in [-0.25, -0.2) is 9.13 Å². The molecule has 19 heavy (non-hydrogen) atoms. The third-order valence-electron chi connectivity index (χ3n) is 0.923. The predicted molar refractivity (Wildman–Crippen MR) is 64.0 cm³/mol. The van der Waals surface area contributed by atoms with Gasteiger partial charge in [0.05, 0.1) is 0 Å². The molecular formula is C6H22O10P2Ti. The molecule has 0 atom stereocenters. The summed E-state index contributed by atoms with van der Waals surface area (Å²) in [7, 11) is -0.903. The van der Waals surface area contributed by atoms with Crippen molar-refractivity contribution in [3.05, 3.63) is 0 Å². The summed E-state index contributed by atoms with van der Waals surface area (Å²) in [6.07, 6.45) is 0. The zero-order valence-electron chi connectivity index (χ0n) is 11.6. The molecule has 0 saturated carbocycles. The minimum Gasteiger partial charge on any atom is -0.400 e. The van der Waals surface area contributed by atoms with Gasteiger partial charge in [0.1, 0.15) is 0 Å². The van der Waals surface area contributed by atoms with Crippen LogP contribution in [-0.2, 0) is 48.9 Å². The van der Waals surface area contributed by atoms with Crippen LogP contribution < -0.4 is 0 Å². The van der Waals surface area contributed by atoms with Crippen molar-refractivity contribution in [3.8, 4) is 0 Å². The molecule has 10 nitrogen and oxygen atoms in total. The molecule has 0 aromatic heterocycles. The van der Waals surface area contributed by atoms with Crippen molar-refractivity contribution < 1.29 is 68.9 Å². The minimum atomic E-state index is -3.65. The van der Waals surface area contributed by atoms with E-state index in [0.29, 0.717) is 0 Å². The van der Waals surface area contributed by atoms with Gasteiger partial charge in [-0.1, -0.05) is 0 Å². The van der Waals surface area contributed by atoms with Crippen molar-refractivity contribution in [1.29, 1.82) is 0 Å². The topological polar surface area (TPSA) is 152 Å². The summed E-state index contributed by atoms with van der Waals surface area (Å²) >= 11 is 0. The zero-order chi connectivity index (χ0) is 15.8. The first kappa shape index (κ1) is 32.0. The first-order valence-electron chi connectivity index (χ1n) is 4.02. The Morgan fingerprint density at radius 2 is 0.737 bits per heavy atom. The second-order valence-corrected chi connectivity index (χ2v) is 5.00. The maximum absolute atomic E-state index is 10.1. The summed E-state index contributed by atoms with van der Waals surface area (Å²) in [5.41, 5.74) is 0. The maximum Gasteiger partial charge on any atom is 0.471 e. The van der Waals surface area contributed by atoms with E-state index in [1.807, 2.05) is 0 Å². The third kappa shape index (κ3) is 32.4. The van der Waals surface area contributed by atoms with E-state index >= 15 is 0 Å². The molecule has 0 aromatic carbocycles. The molecule has 0 aliphatic rings. The van der Waals surface area contributed by atoms with Crippen LogP contribution in [0.5, 0.6) is 0 Å². The van der Waals surface area contributed by atoms with Gasteiger partial charge in [-0.15, -0.1) is 0 Å². The SMILES string of the molecule is CO.CO.COP(=O)(O)OC.COP(=O)(O)OC.[Ti]. The second-order valence-electron chi connectivity index (χ2n) is 1.67. The molecule has 0 amide bonds. The number of aliphatic hydroxyl groups is 2. The van der Waals surface area contributed by atoms with E-state index in [4.69, 9.17) is 20.0 Å². The zero-order valence-corrected chi connectivity index (χ0v) is 15.0. The van der Waals surface area contributed by atoms with Crippen LogP contribution in [0.15, 0.2) is 0 Å². The van der Waals surface area contributed by atoms with Gasteiger partial charge < -0.3 is 20.0 Å². The van der Waals surface area contributed by atoms with Crippen molar-refractivity contribution in [2.24, 2.45) is 0 Å². The molecule has 0 rings (SSSR count). The number of phosphoric acid groups is 2. The van der Waals surface area contributed by atoms with Gasteiger partial charge in [-0.3, -0.25) is 18.1 Å². The Bertz CT molecular complexity index is 198. The summed E-state index contributed by atoms with van der Waals surface area (Å²) in [5.74, 6) is 0. The van der Waals surface area contributed by atoms with Gasteiger partial charge in [-0.2, -0.15) is 0 Å². The smallest absolute Gasteiger partial charge is 0.400 e. The van der Waals surface area contributed by atoms with E-state index in [-0.39, 0.29) is 21.7 Å². The summed E-state index contributed by atoms with van der Waals surface area (Å²) in [6, 6.07) is 0. The first-order valence-corrected chi connectivity index (χ1v) is 7.01. The van der Waals surface area contributed by atoms with Crippen LogP contribution in [-0.4, -0.2) is 62.7 Å². The van der Waals surface area contributed by atoms with Crippen LogP contribution in [0.2, 0.25) is 0 Å². The van der Waals surface area contributed by atoms with Crippen LogP contribution in [0.1, 0.15) is 0 Å². The molecule has 0 saturated heterocycles. The maximum atomic E-state index is 10.1. The monoisotopic (exact) mass is 364 g/mol. The summed E-state index contributed by atoms with van der Waals surface area (Å²) in [5, 5.41) is 14.0. The molecule has 120 valence electrons. The van der Waals surface area contributed by atoms with Gasteiger partial charge >= 0.3 is 15.6 Å². The van der Waals surface area contributed by atoms with E-state index in [1.165, 1.54) is 0 Å². The van der Waals surface area contributed by atoms with Gasteiger partial charge in [0.2, 0.25) is 0 Å². The van der Waals surface area contributed by atoms with Crippen molar-refractivity contribution in [1.82, 2.24) is 0 Å². The van der Waals surface area contributed by atoms with Crippen molar-refractivity contribution in [2.75, 3.05) is 42.7 Å². The predicted octanol–water partition coefficient (Wildman–Crippen LogP) is -0.0263. The standard InChI is InChI=1S/2C2H7O4P.2CH4O.Ti/c2*1-5-7(3,4)6-2;2*1-2;/h2*1-2H3,(H,3,4);2*2H,1H3;. The number of hydrogen-bond donors (Lipinski definition) is 4. The second kappa shape index (κ2) is 21.2. The Hall–Kier alpha value is 0.854. The Morgan fingerprint density at radius 1 is 0.632 bits per heavy atom. The Morgan fingerprint density at radius 3 is 0.737 bits per heavy atom. The van der Waals surface area contributed by atoms with E-state index in [9.17, 15) is 9.13 Å². The fraction of sp³-hybridized carbons (Fsp3) is 1.00. The fourth-order valence-corrected chi connectivity index (χ4v) is 0.447. The third-order valence-corrected chi connectivity index (χ3v) is 2.77. The van der Waals surface area contributed by atoms with Crippen LogP contribution in [0.3, 0.4) is 0 Å². The normalized spacial score (nSPS) is 9.37. The Kier molecular flexibility index (Phi) is 35.6. The molecule has 0 aliphatic heterocycles. The van der Waals surface area contributed by atoms with Gasteiger partial charge in [-0.05, 0) is 0 Å². The Labute approximate surface area is 127 Å². The first-order chi connectivity index (χ1) is 8.24. The molecular weight excluding hydrogens is 342 g/mol. The largest absolute Gasteiger partial charge is 0.471 e. The van der Waals surface area contributed by atoms with E-state index in [2.05, 4.69) is 18.1 Å². The Balaban J connectivity index is -0.0000000522. The summed E-state index contributed by atoms with van der Waals surface area (Å²) in [4.78, 5) is 16.5. The van der Waals surface area contributed by atoms with Crippen LogP contribution >= 0.6 is 15.6 Å². The van der Waals surface area contributed by atoms with Crippen molar-refractivity contribution in [2.45, 2.75) is 0 Å². The van der Waals surface area contributed by atoms with Crippen molar-refractivity contribution in [3.63, 3.8) is 0 Å². The van der Waals surface area contributed by atoms with Crippen LogP contribution in [0.4, 0.5) is 0 Å². The molecule has 13 heteroatoms. The van der Waals surface area contributed by atoms with Gasteiger partial charge in [0, 0.05) is 64.4 Å². The van der Waals surface area contributed by atoms with Crippen LogP contribution in [0, 0.1) is 0 Å². The van der Waals surface area contributed by atoms with Gasteiger partial charge in [0.25, 0.3) is 0 Å². The molecule has 0 heterocycles. The molecule has 0 unspecified atom stereocenters. The summed E-state index contributed by atoms with van der Waals surface area (Å²) < 4.78 is 36.0. The minimum absolute atomic E-state index is 0. The molecule has 0 bridgehead atoms. The fourth-order valence-electron chi connectivity index (χ4n) is 0.149. The number of phosphoric ester groups is 2. The molecule has 0 aromatic rings. The average molecular weight is 364 g/mol. The molecule has 0 fully saturated rings. The molecule has 0 aliphatic carbocycles.